The van der Waals surface area contributed by atoms with E-state index in [4.69, 9.17) is 9.15 Å². The van der Waals surface area contributed by atoms with E-state index in [0.717, 1.165) is 22.9 Å². The van der Waals surface area contributed by atoms with Crippen molar-refractivity contribution in [2.45, 2.75) is 23.7 Å². The van der Waals surface area contributed by atoms with Gasteiger partial charge in [0.15, 0.2) is 10.8 Å². The molecule has 2 aromatic heterocycles. The van der Waals surface area contributed by atoms with Gasteiger partial charge in [-0.3, -0.25) is 0 Å². The number of benzene rings is 1. The highest BCUT2D eigenvalue weighted by Gasteiger charge is 2.31. The molecule has 0 spiro atoms. The Morgan fingerprint density at radius 3 is 2.52 bits per heavy atom. The van der Waals surface area contributed by atoms with E-state index in [2.05, 4.69) is 10.2 Å². The number of piperidine rings is 1. The zero-order valence-corrected chi connectivity index (χ0v) is 16.4. The Hall–Kier alpha value is -2.23. The van der Waals surface area contributed by atoms with E-state index in [0.29, 0.717) is 24.6 Å². The zero-order chi connectivity index (χ0) is 18.9. The minimum Gasteiger partial charge on any atom is -0.497 e. The Morgan fingerprint density at radius 2 is 1.89 bits per heavy atom. The van der Waals surface area contributed by atoms with Gasteiger partial charge in [0, 0.05) is 19.0 Å². The van der Waals surface area contributed by atoms with Crippen LogP contribution in [0, 0.1) is 0 Å². The number of nitrogens with zero attached hydrogens (tertiary/aromatic N) is 3. The van der Waals surface area contributed by atoms with Crippen LogP contribution in [0.3, 0.4) is 0 Å². The molecule has 9 heteroatoms. The van der Waals surface area contributed by atoms with E-state index in [1.54, 1.807) is 41.9 Å². The number of furan rings is 1. The Bertz CT molecular complexity index is 990. The summed E-state index contributed by atoms with van der Waals surface area (Å²) in [5, 5.41) is 10.2. The van der Waals surface area contributed by atoms with Crippen molar-refractivity contribution in [1.29, 1.82) is 0 Å². The maximum absolute atomic E-state index is 12.8. The van der Waals surface area contributed by atoms with Crippen LogP contribution in [-0.4, -0.2) is 43.1 Å². The molecular formula is C18H19N3O4S2. The van der Waals surface area contributed by atoms with Crippen LogP contribution in [0.1, 0.15) is 23.8 Å². The van der Waals surface area contributed by atoms with Crippen molar-refractivity contribution in [3.05, 3.63) is 47.7 Å². The van der Waals surface area contributed by atoms with Crippen LogP contribution < -0.4 is 4.74 Å². The van der Waals surface area contributed by atoms with Gasteiger partial charge in [0.1, 0.15) is 10.8 Å². The van der Waals surface area contributed by atoms with Crippen molar-refractivity contribution in [3.8, 4) is 16.5 Å². The number of aromatic nitrogens is 2. The largest absolute Gasteiger partial charge is 0.497 e. The van der Waals surface area contributed by atoms with Crippen molar-refractivity contribution in [2.75, 3.05) is 20.2 Å². The summed E-state index contributed by atoms with van der Waals surface area (Å²) in [6.07, 6.45) is 3.06. The predicted molar refractivity (Wildman–Crippen MR) is 101 cm³/mol. The highest BCUT2D eigenvalue weighted by Crippen LogP contribution is 2.35. The molecule has 0 unspecified atom stereocenters. The molecule has 1 aliphatic rings. The Morgan fingerprint density at radius 1 is 1.15 bits per heavy atom. The Balaban J connectivity index is 1.43. The van der Waals surface area contributed by atoms with Crippen molar-refractivity contribution in [3.63, 3.8) is 0 Å². The van der Waals surface area contributed by atoms with E-state index < -0.39 is 10.0 Å². The molecule has 0 aliphatic carbocycles. The standard InChI is InChI=1S/C18H19N3O4S2/c1-24-14-4-6-15(7-5-14)27(22,23)21-10-8-13(9-11-21)17-19-20-18(26-17)16-3-2-12-25-16/h2-7,12-13H,8-11H2,1H3. The molecule has 1 aliphatic heterocycles. The zero-order valence-electron chi connectivity index (χ0n) is 14.7. The molecule has 0 radical (unpaired) electrons. The van der Waals surface area contributed by atoms with Crippen molar-refractivity contribution < 1.29 is 17.6 Å². The summed E-state index contributed by atoms with van der Waals surface area (Å²) in [5.41, 5.74) is 0. The lowest BCUT2D eigenvalue weighted by Crippen LogP contribution is -2.37. The minimum absolute atomic E-state index is 0.216. The van der Waals surface area contributed by atoms with E-state index in [9.17, 15) is 8.42 Å². The van der Waals surface area contributed by atoms with Gasteiger partial charge in [0.25, 0.3) is 0 Å². The van der Waals surface area contributed by atoms with E-state index in [1.807, 2.05) is 12.1 Å². The highest BCUT2D eigenvalue weighted by molar-refractivity contribution is 7.89. The molecule has 0 atom stereocenters. The fraction of sp³-hybridized carbons (Fsp3) is 0.333. The second kappa shape index (κ2) is 7.41. The molecule has 3 aromatic rings. The fourth-order valence-corrected chi connectivity index (χ4v) is 5.59. The topological polar surface area (TPSA) is 85.5 Å². The second-order valence-corrected chi connectivity index (χ2v) is 9.22. The van der Waals surface area contributed by atoms with Gasteiger partial charge in [0.05, 0.1) is 18.3 Å². The monoisotopic (exact) mass is 405 g/mol. The third kappa shape index (κ3) is 3.62. The molecule has 0 amide bonds. The molecule has 3 heterocycles. The summed E-state index contributed by atoms with van der Waals surface area (Å²) in [6.45, 7) is 0.934. The van der Waals surface area contributed by atoms with Crippen LogP contribution in [0.4, 0.5) is 0 Å². The molecule has 1 fully saturated rings. The summed E-state index contributed by atoms with van der Waals surface area (Å²) in [5.74, 6) is 1.56. The lowest BCUT2D eigenvalue weighted by Gasteiger charge is -2.30. The fourth-order valence-electron chi connectivity index (χ4n) is 3.14. The Kier molecular flexibility index (Phi) is 4.98. The Labute approximate surface area is 161 Å². The molecule has 0 N–H and O–H groups in total. The molecular weight excluding hydrogens is 386 g/mol. The number of rotatable bonds is 5. The molecule has 0 bridgehead atoms. The van der Waals surface area contributed by atoms with Gasteiger partial charge >= 0.3 is 0 Å². The molecule has 142 valence electrons. The first kappa shape index (κ1) is 18.1. The van der Waals surface area contributed by atoms with Gasteiger partial charge in [-0.15, -0.1) is 10.2 Å². The number of ether oxygens (including phenoxy) is 1. The molecule has 4 rings (SSSR count). The number of sulfonamides is 1. The molecule has 1 saturated heterocycles. The van der Waals surface area contributed by atoms with Crippen molar-refractivity contribution >= 4 is 21.4 Å². The van der Waals surface area contributed by atoms with Crippen molar-refractivity contribution in [2.24, 2.45) is 0 Å². The lowest BCUT2D eigenvalue weighted by atomic mass is 9.99. The molecule has 27 heavy (non-hydrogen) atoms. The summed E-state index contributed by atoms with van der Waals surface area (Å²) in [6, 6.07) is 10.2. The van der Waals surface area contributed by atoms with Crippen LogP contribution in [0.2, 0.25) is 0 Å². The van der Waals surface area contributed by atoms with Gasteiger partial charge in [0.2, 0.25) is 10.0 Å². The average molecular weight is 406 g/mol. The second-order valence-electron chi connectivity index (χ2n) is 6.28. The number of hydrogen-bond donors (Lipinski definition) is 0. The van der Waals surface area contributed by atoms with Crippen molar-refractivity contribution in [1.82, 2.24) is 14.5 Å². The smallest absolute Gasteiger partial charge is 0.243 e. The lowest BCUT2D eigenvalue weighted by molar-refractivity contribution is 0.318. The SMILES string of the molecule is COc1ccc(S(=O)(=O)N2CCC(c3nnc(-c4ccco4)s3)CC2)cc1. The van der Waals surface area contributed by atoms with Crippen LogP contribution in [0.15, 0.2) is 52.0 Å². The van der Waals surface area contributed by atoms with Gasteiger partial charge in [-0.05, 0) is 49.2 Å². The summed E-state index contributed by atoms with van der Waals surface area (Å²) >= 11 is 1.51. The average Bonchev–Trinajstić information content (AvgIpc) is 3.40. The summed E-state index contributed by atoms with van der Waals surface area (Å²) in [7, 11) is -1.94. The molecule has 0 saturated carbocycles. The number of methoxy groups -OCH3 is 1. The minimum atomic E-state index is -3.49. The van der Waals surface area contributed by atoms with Gasteiger partial charge < -0.3 is 9.15 Å². The van der Waals surface area contributed by atoms with Crippen LogP contribution >= 0.6 is 11.3 Å². The quantitative estimate of drug-likeness (QED) is 0.647. The number of hydrogen-bond acceptors (Lipinski definition) is 7. The summed E-state index contributed by atoms with van der Waals surface area (Å²) < 4.78 is 37.7. The first-order valence-electron chi connectivity index (χ1n) is 8.59. The van der Waals surface area contributed by atoms with E-state index in [-0.39, 0.29) is 10.8 Å². The van der Waals surface area contributed by atoms with E-state index in [1.165, 1.54) is 11.3 Å². The van der Waals surface area contributed by atoms with Gasteiger partial charge in [-0.2, -0.15) is 4.31 Å². The van der Waals surface area contributed by atoms with Gasteiger partial charge in [-0.25, -0.2) is 8.42 Å². The van der Waals surface area contributed by atoms with E-state index >= 15 is 0 Å². The van der Waals surface area contributed by atoms with Gasteiger partial charge in [-0.1, -0.05) is 11.3 Å². The van der Waals surface area contributed by atoms with Crippen LogP contribution in [0.25, 0.3) is 10.8 Å². The molecule has 1 aromatic carbocycles. The normalized spacial score (nSPS) is 16.5. The maximum atomic E-state index is 12.8. The predicted octanol–water partition coefficient (Wildman–Crippen LogP) is 3.38. The third-order valence-corrected chi connectivity index (χ3v) is 7.69. The summed E-state index contributed by atoms with van der Waals surface area (Å²) in [4.78, 5) is 0.290. The van der Waals surface area contributed by atoms with Crippen LogP contribution in [0.5, 0.6) is 5.75 Å². The highest BCUT2D eigenvalue weighted by atomic mass is 32.2. The maximum Gasteiger partial charge on any atom is 0.243 e. The first-order valence-corrected chi connectivity index (χ1v) is 10.8. The van der Waals surface area contributed by atoms with Crippen LogP contribution in [-0.2, 0) is 10.0 Å². The third-order valence-electron chi connectivity index (χ3n) is 4.67. The molecule has 7 nitrogen and oxygen atoms in total. The first-order chi connectivity index (χ1) is 13.1.